The van der Waals surface area contributed by atoms with E-state index in [0.29, 0.717) is 29.1 Å². The number of nitrogens with one attached hydrogen (secondary N) is 1. The summed E-state index contributed by atoms with van der Waals surface area (Å²) in [5.41, 5.74) is 2.93. The second-order valence-corrected chi connectivity index (χ2v) is 8.13. The Kier molecular flexibility index (Phi) is 7.65. The number of hydrogen-bond donors (Lipinski definition) is 1. The third-order valence-corrected chi connectivity index (χ3v) is 5.05. The molecule has 0 saturated carbocycles. The summed E-state index contributed by atoms with van der Waals surface area (Å²) in [6.07, 6.45) is 0.154. The minimum atomic E-state index is -0.344. The van der Waals surface area contributed by atoms with Gasteiger partial charge in [-0.05, 0) is 65.2 Å². The average Bonchev–Trinajstić information content (AvgIpc) is 3.21. The van der Waals surface area contributed by atoms with E-state index in [-0.39, 0.29) is 23.7 Å². The fraction of sp³-hybridized carbons (Fsp3) is 0.250. The van der Waals surface area contributed by atoms with Gasteiger partial charge in [0.1, 0.15) is 0 Å². The molecule has 162 valence electrons. The van der Waals surface area contributed by atoms with Crippen molar-refractivity contribution in [2.24, 2.45) is 0 Å². The van der Waals surface area contributed by atoms with E-state index in [0.717, 1.165) is 11.1 Å². The lowest BCUT2D eigenvalue weighted by Gasteiger charge is -2.19. The van der Waals surface area contributed by atoms with Crippen LogP contribution in [0, 0.1) is 0 Å². The maximum absolute atomic E-state index is 12.9. The Hall–Kier alpha value is -2.90. The number of rotatable bonds is 8. The Labute approximate surface area is 190 Å². The van der Waals surface area contributed by atoms with E-state index in [1.165, 1.54) is 4.90 Å². The Morgan fingerprint density at radius 1 is 1.06 bits per heavy atom. The summed E-state index contributed by atoms with van der Waals surface area (Å²) in [4.78, 5) is 27.0. The van der Waals surface area contributed by atoms with E-state index in [1.54, 1.807) is 43.4 Å². The molecule has 31 heavy (non-hydrogen) atoms. The van der Waals surface area contributed by atoms with Gasteiger partial charge in [0.2, 0.25) is 0 Å². The van der Waals surface area contributed by atoms with Crippen LogP contribution in [0.5, 0.6) is 0 Å². The highest BCUT2D eigenvalue weighted by Crippen LogP contribution is 2.23. The van der Waals surface area contributed by atoms with Crippen LogP contribution in [0.2, 0.25) is 0 Å². The van der Waals surface area contributed by atoms with E-state index < -0.39 is 0 Å². The monoisotopic (exact) mass is 484 g/mol. The molecule has 0 radical (unpaired) electrons. The number of ether oxygens (including phenoxy) is 1. The van der Waals surface area contributed by atoms with Gasteiger partial charge in [-0.3, -0.25) is 9.59 Å². The van der Waals surface area contributed by atoms with Gasteiger partial charge in [0.15, 0.2) is 10.4 Å². The molecule has 6 nitrogen and oxygen atoms in total. The van der Waals surface area contributed by atoms with Crippen molar-refractivity contribution in [3.8, 4) is 0 Å². The Bertz CT molecular complexity index is 1060. The molecule has 3 aromatic rings. The van der Waals surface area contributed by atoms with Crippen molar-refractivity contribution in [3.05, 3.63) is 87.8 Å². The lowest BCUT2D eigenvalue weighted by molar-refractivity contribution is 0.0657. The average molecular weight is 485 g/mol. The zero-order valence-corrected chi connectivity index (χ0v) is 19.3. The van der Waals surface area contributed by atoms with Crippen LogP contribution in [-0.2, 0) is 17.9 Å². The summed E-state index contributed by atoms with van der Waals surface area (Å²) in [6.45, 7) is 4.88. The fourth-order valence-corrected chi connectivity index (χ4v) is 3.34. The van der Waals surface area contributed by atoms with Gasteiger partial charge in [-0.2, -0.15) is 0 Å². The number of nitrogens with zero attached hydrogens (tertiary/aromatic N) is 1. The van der Waals surface area contributed by atoms with E-state index in [9.17, 15) is 9.59 Å². The molecule has 3 rings (SSSR count). The standard InChI is InChI=1S/C24H25BrN2O4/c1-16(2)30-15-18-8-6-7-17(13-18)14-26-23(28)19-9-4-5-10-20(19)27(3)24(29)21-11-12-22(25)31-21/h4-13,16H,14-15H2,1-3H3,(H,26,28). The number of carbonyl (C=O) groups is 2. The van der Waals surface area contributed by atoms with Crippen molar-refractivity contribution in [1.82, 2.24) is 5.32 Å². The van der Waals surface area contributed by atoms with Crippen LogP contribution in [0.15, 0.2) is 69.8 Å². The van der Waals surface area contributed by atoms with Crippen molar-refractivity contribution in [2.45, 2.75) is 33.1 Å². The summed E-state index contributed by atoms with van der Waals surface area (Å²) in [6, 6.07) is 18.1. The zero-order chi connectivity index (χ0) is 22.4. The first kappa shape index (κ1) is 22.8. The molecule has 0 bridgehead atoms. The van der Waals surface area contributed by atoms with Gasteiger partial charge in [-0.25, -0.2) is 0 Å². The fourth-order valence-electron chi connectivity index (χ4n) is 3.03. The van der Waals surface area contributed by atoms with Gasteiger partial charge < -0.3 is 19.4 Å². The number of benzene rings is 2. The van der Waals surface area contributed by atoms with Gasteiger partial charge >= 0.3 is 0 Å². The quantitative estimate of drug-likeness (QED) is 0.478. The van der Waals surface area contributed by atoms with E-state index >= 15 is 0 Å². The van der Waals surface area contributed by atoms with Gasteiger partial charge in [0.25, 0.3) is 11.8 Å². The first-order valence-corrected chi connectivity index (χ1v) is 10.7. The van der Waals surface area contributed by atoms with Crippen LogP contribution in [0.1, 0.15) is 45.9 Å². The maximum Gasteiger partial charge on any atom is 0.293 e. The molecule has 1 heterocycles. The minimum absolute atomic E-state index is 0.154. The Morgan fingerprint density at radius 3 is 2.52 bits per heavy atom. The molecular weight excluding hydrogens is 460 g/mol. The Balaban J connectivity index is 1.70. The van der Waals surface area contributed by atoms with Crippen molar-refractivity contribution in [1.29, 1.82) is 0 Å². The second-order valence-electron chi connectivity index (χ2n) is 7.35. The van der Waals surface area contributed by atoms with Gasteiger partial charge in [0.05, 0.1) is 24.0 Å². The van der Waals surface area contributed by atoms with Crippen LogP contribution in [0.4, 0.5) is 5.69 Å². The van der Waals surface area contributed by atoms with E-state index in [1.807, 2.05) is 38.1 Å². The predicted octanol–water partition coefficient (Wildman–Crippen LogP) is 5.17. The van der Waals surface area contributed by atoms with Crippen LogP contribution in [0.3, 0.4) is 0 Å². The van der Waals surface area contributed by atoms with Crippen LogP contribution < -0.4 is 10.2 Å². The molecule has 0 spiro atoms. The molecule has 2 amide bonds. The summed E-state index contributed by atoms with van der Waals surface area (Å²) in [5, 5.41) is 2.94. The summed E-state index contributed by atoms with van der Waals surface area (Å²) >= 11 is 3.20. The Morgan fingerprint density at radius 2 is 1.81 bits per heavy atom. The largest absolute Gasteiger partial charge is 0.444 e. The van der Waals surface area contributed by atoms with Gasteiger partial charge in [-0.15, -0.1) is 0 Å². The molecule has 0 atom stereocenters. The van der Waals surface area contributed by atoms with Crippen LogP contribution in [0.25, 0.3) is 0 Å². The minimum Gasteiger partial charge on any atom is -0.444 e. The van der Waals surface area contributed by atoms with E-state index in [2.05, 4.69) is 21.2 Å². The normalized spacial score (nSPS) is 10.9. The number of furan rings is 1. The summed E-state index contributed by atoms with van der Waals surface area (Å²) in [5.74, 6) is -0.423. The number of amides is 2. The van der Waals surface area contributed by atoms with Crippen molar-refractivity contribution >= 4 is 33.4 Å². The number of anilines is 1. The second kappa shape index (κ2) is 10.4. The SMILES string of the molecule is CC(C)OCc1cccc(CNC(=O)c2ccccc2N(C)C(=O)c2ccc(Br)o2)c1. The highest BCUT2D eigenvalue weighted by atomic mass is 79.9. The molecule has 0 saturated heterocycles. The van der Waals surface area contributed by atoms with E-state index in [4.69, 9.17) is 9.15 Å². The van der Waals surface area contributed by atoms with Crippen molar-refractivity contribution in [3.63, 3.8) is 0 Å². The van der Waals surface area contributed by atoms with Crippen LogP contribution in [-0.4, -0.2) is 25.0 Å². The lowest BCUT2D eigenvalue weighted by Crippen LogP contribution is -2.30. The summed E-state index contributed by atoms with van der Waals surface area (Å²) < 4.78 is 11.5. The number of hydrogen-bond acceptors (Lipinski definition) is 4. The van der Waals surface area contributed by atoms with Gasteiger partial charge in [-0.1, -0.05) is 36.4 Å². The molecule has 2 aromatic carbocycles. The van der Waals surface area contributed by atoms with Crippen LogP contribution >= 0.6 is 15.9 Å². The topological polar surface area (TPSA) is 71.8 Å². The molecule has 0 aliphatic heterocycles. The molecule has 0 fully saturated rings. The predicted molar refractivity (Wildman–Crippen MR) is 123 cm³/mol. The zero-order valence-electron chi connectivity index (χ0n) is 17.7. The molecule has 7 heteroatoms. The van der Waals surface area contributed by atoms with Crippen molar-refractivity contribution < 1.29 is 18.7 Å². The molecule has 0 aliphatic rings. The maximum atomic E-state index is 12.9. The van der Waals surface area contributed by atoms with Gasteiger partial charge in [0, 0.05) is 13.6 Å². The first-order valence-electron chi connectivity index (χ1n) is 9.95. The molecule has 0 aliphatic carbocycles. The highest BCUT2D eigenvalue weighted by molar-refractivity contribution is 9.10. The molecule has 0 unspecified atom stereocenters. The number of carbonyl (C=O) groups excluding carboxylic acids is 2. The molecular formula is C24H25BrN2O4. The molecule has 1 N–H and O–H groups in total. The number of halogens is 1. The van der Waals surface area contributed by atoms with Crippen molar-refractivity contribution in [2.75, 3.05) is 11.9 Å². The third-order valence-electron chi connectivity index (χ3n) is 4.63. The number of para-hydroxylation sites is 1. The highest BCUT2D eigenvalue weighted by Gasteiger charge is 2.21. The lowest BCUT2D eigenvalue weighted by atomic mass is 10.1. The third kappa shape index (κ3) is 6.06. The smallest absolute Gasteiger partial charge is 0.293 e. The summed E-state index contributed by atoms with van der Waals surface area (Å²) in [7, 11) is 1.61. The molecule has 1 aromatic heterocycles. The first-order chi connectivity index (χ1) is 14.8.